The second-order valence-electron chi connectivity index (χ2n) is 7.16. The molecule has 0 radical (unpaired) electrons. The summed E-state index contributed by atoms with van der Waals surface area (Å²) < 4.78 is 33.2. The van der Waals surface area contributed by atoms with Crippen LogP contribution in [0.15, 0.2) is 47.4 Å². The predicted molar refractivity (Wildman–Crippen MR) is 103 cm³/mol. The molecule has 27 heavy (non-hydrogen) atoms. The van der Waals surface area contributed by atoms with Gasteiger partial charge in [0.05, 0.1) is 11.0 Å². The number of ether oxygens (including phenoxy) is 1. The molecule has 0 aliphatic carbocycles. The van der Waals surface area contributed by atoms with Crippen molar-refractivity contribution < 1.29 is 17.9 Å². The van der Waals surface area contributed by atoms with Gasteiger partial charge in [-0.2, -0.15) is 4.31 Å². The highest BCUT2D eigenvalue weighted by Gasteiger charge is 2.39. The third kappa shape index (κ3) is 3.72. The molecule has 0 unspecified atom stereocenters. The van der Waals surface area contributed by atoms with Crippen LogP contribution in [0.4, 0.5) is 0 Å². The smallest absolute Gasteiger partial charge is 0.243 e. The summed E-state index contributed by atoms with van der Waals surface area (Å²) in [4.78, 5) is 12.9. The standard InChI is InChI=1S/C20H24N2O4S/c23-20(21-14-17-7-4-12-26-17)19-8-3-11-22(19)27(24,25)18-10-9-15-5-1-2-6-16(15)13-18/h1-2,5-6,9-10,13,17,19H,3-4,7-8,11-12,14H2,(H,21,23)/t17-,19+/m0/s1. The maximum Gasteiger partial charge on any atom is 0.243 e. The highest BCUT2D eigenvalue weighted by atomic mass is 32.2. The molecule has 1 N–H and O–H groups in total. The molecule has 2 aliphatic heterocycles. The predicted octanol–water partition coefficient (Wildman–Crippen LogP) is 2.29. The Kier molecular flexibility index (Phi) is 5.16. The molecule has 2 aliphatic rings. The Labute approximate surface area is 159 Å². The third-order valence-corrected chi connectivity index (χ3v) is 7.27. The first-order valence-electron chi connectivity index (χ1n) is 9.46. The quantitative estimate of drug-likeness (QED) is 0.853. The molecule has 4 rings (SSSR count). The zero-order valence-corrected chi connectivity index (χ0v) is 16.0. The highest BCUT2D eigenvalue weighted by molar-refractivity contribution is 7.89. The second kappa shape index (κ2) is 7.58. The van der Waals surface area contributed by atoms with Crippen LogP contribution in [0.3, 0.4) is 0 Å². The first-order valence-corrected chi connectivity index (χ1v) is 10.9. The van der Waals surface area contributed by atoms with Gasteiger partial charge in [-0.1, -0.05) is 30.3 Å². The van der Waals surface area contributed by atoms with E-state index in [0.29, 0.717) is 25.9 Å². The van der Waals surface area contributed by atoms with E-state index in [2.05, 4.69) is 5.32 Å². The average molecular weight is 388 g/mol. The van der Waals surface area contributed by atoms with E-state index < -0.39 is 16.1 Å². The van der Waals surface area contributed by atoms with Gasteiger partial charge in [-0.25, -0.2) is 8.42 Å². The largest absolute Gasteiger partial charge is 0.376 e. The molecule has 144 valence electrons. The zero-order valence-electron chi connectivity index (χ0n) is 15.1. The molecule has 2 aromatic carbocycles. The molecular weight excluding hydrogens is 364 g/mol. The minimum atomic E-state index is -3.72. The van der Waals surface area contributed by atoms with Gasteiger partial charge in [0.2, 0.25) is 15.9 Å². The summed E-state index contributed by atoms with van der Waals surface area (Å²) in [6.07, 6.45) is 3.21. The number of rotatable bonds is 5. The minimum absolute atomic E-state index is 0.0425. The number of amides is 1. The van der Waals surface area contributed by atoms with Crippen LogP contribution in [0.1, 0.15) is 25.7 Å². The molecule has 2 atom stereocenters. The maximum absolute atomic E-state index is 13.2. The summed E-state index contributed by atoms with van der Waals surface area (Å²) in [5.74, 6) is -0.229. The SMILES string of the molecule is O=C(NC[C@@H]1CCCO1)[C@H]1CCCN1S(=O)(=O)c1ccc2ccccc2c1. The average Bonchev–Trinajstić information content (AvgIpc) is 3.37. The van der Waals surface area contributed by atoms with Crippen molar-refractivity contribution in [1.82, 2.24) is 9.62 Å². The maximum atomic E-state index is 13.2. The number of fused-ring (bicyclic) bond motifs is 1. The van der Waals surface area contributed by atoms with Crippen LogP contribution < -0.4 is 5.32 Å². The molecule has 2 saturated heterocycles. The fourth-order valence-electron chi connectivity index (χ4n) is 3.89. The van der Waals surface area contributed by atoms with Crippen molar-refractivity contribution in [2.24, 2.45) is 0 Å². The van der Waals surface area contributed by atoms with Gasteiger partial charge in [-0.05, 0) is 48.6 Å². The minimum Gasteiger partial charge on any atom is -0.376 e. The van der Waals surface area contributed by atoms with Crippen LogP contribution in [0, 0.1) is 0 Å². The van der Waals surface area contributed by atoms with Crippen molar-refractivity contribution in [2.75, 3.05) is 19.7 Å². The fraction of sp³-hybridized carbons (Fsp3) is 0.450. The van der Waals surface area contributed by atoms with Crippen LogP contribution in [0.25, 0.3) is 10.8 Å². The molecule has 0 aromatic heterocycles. The topological polar surface area (TPSA) is 75.7 Å². The third-order valence-electron chi connectivity index (χ3n) is 5.36. The molecule has 2 aromatic rings. The van der Waals surface area contributed by atoms with Crippen molar-refractivity contribution in [3.63, 3.8) is 0 Å². The van der Waals surface area contributed by atoms with Crippen molar-refractivity contribution in [2.45, 2.75) is 42.7 Å². The van der Waals surface area contributed by atoms with E-state index in [9.17, 15) is 13.2 Å². The lowest BCUT2D eigenvalue weighted by molar-refractivity contribution is -0.124. The molecule has 1 amide bonds. The number of nitrogens with zero attached hydrogens (tertiary/aromatic N) is 1. The first kappa shape index (κ1) is 18.4. The van der Waals surface area contributed by atoms with Crippen LogP contribution in [-0.2, 0) is 19.6 Å². The van der Waals surface area contributed by atoms with Crippen LogP contribution in [0.5, 0.6) is 0 Å². The van der Waals surface area contributed by atoms with E-state index in [0.717, 1.165) is 30.2 Å². The lowest BCUT2D eigenvalue weighted by Crippen LogP contribution is -2.47. The second-order valence-corrected chi connectivity index (χ2v) is 9.05. The van der Waals surface area contributed by atoms with E-state index in [-0.39, 0.29) is 16.9 Å². The number of hydrogen-bond acceptors (Lipinski definition) is 4. The van der Waals surface area contributed by atoms with Gasteiger partial charge in [0, 0.05) is 19.7 Å². The molecule has 2 heterocycles. The van der Waals surface area contributed by atoms with Crippen molar-refractivity contribution in [3.05, 3.63) is 42.5 Å². The Bertz CT molecular complexity index is 938. The fourth-order valence-corrected chi connectivity index (χ4v) is 5.58. The van der Waals surface area contributed by atoms with Gasteiger partial charge in [-0.15, -0.1) is 0 Å². The van der Waals surface area contributed by atoms with Gasteiger partial charge in [0.1, 0.15) is 6.04 Å². The zero-order chi connectivity index (χ0) is 18.9. The van der Waals surface area contributed by atoms with E-state index in [1.54, 1.807) is 12.1 Å². The van der Waals surface area contributed by atoms with Gasteiger partial charge < -0.3 is 10.1 Å². The summed E-state index contributed by atoms with van der Waals surface area (Å²) in [5.41, 5.74) is 0. The lowest BCUT2D eigenvalue weighted by Gasteiger charge is -2.24. The molecule has 6 nitrogen and oxygen atoms in total. The normalized spacial score (nSPS) is 23.7. The summed E-state index contributed by atoms with van der Waals surface area (Å²) >= 11 is 0. The molecular formula is C20H24N2O4S. The van der Waals surface area contributed by atoms with E-state index >= 15 is 0 Å². The summed E-state index contributed by atoms with van der Waals surface area (Å²) in [5, 5.41) is 4.74. The van der Waals surface area contributed by atoms with Crippen LogP contribution in [0.2, 0.25) is 0 Å². The highest BCUT2D eigenvalue weighted by Crippen LogP contribution is 2.28. The Balaban J connectivity index is 1.52. The number of sulfonamides is 1. The van der Waals surface area contributed by atoms with Gasteiger partial charge in [0.25, 0.3) is 0 Å². The van der Waals surface area contributed by atoms with Crippen LogP contribution >= 0.6 is 0 Å². The van der Waals surface area contributed by atoms with E-state index in [1.165, 1.54) is 4.31 Å². The number of carbonyl (C=O) groups excluding carboxylic acids is 1. The number of hydrogen-bond donors (Lipinski definition) is 1. The van der Waals surface area contributed by atoms with Crippen molar-refractivity contribution in [3.8, 4) is 0 Å². The van der Waals surface area contributed by atoms with E-state index in [1.807, 2.05) is 30.3 Å². The molecule has 0 saturated carbocycles. The Hall–Kier alpha value is -1.96. The summed E-state index contributed by atoms with van der Waals surface area (Å²) in [6.45, 7) is 1.54. The van der Waals surface area contributed by atoms with Crippen molar-refractivity contribution >= 4 is 26.7 Å². The van der Waals surface area contributed by atoms with Crippen molar-refractivity contribution in [1.29, 1.82) is 0 Å². The monoisotopic (exact) mass is 388 g/mol. The van der Waals surface area contributed by atoms with Crippen LogP contribution in [-0.4, -0.2) is 50.5 Å². The van der Waals surface area contributed by atoms with E-state index in [4.69, 9.17) is 4.74 Å². The molecule has 0 spiro atoms. The Morgan fingerprint density at radius 3 is 2.70 bits per heavy atom. The van der Waals surface area contributed by atoms with Gasteiger partial charge in [-0.3, -0.25) is 4.79 Å². The number of benzene rings is 2. The molecule has 0 bridgehead atoms. The van der Waals surface area contributed by atoms with Gasteiger partial charge in [0.15, 0.2) is 0 Å². The summed E-state index contributed by atoms with van der Waals surface area (Å²) in [6, 6.07) is 12.1. The number of carbonyl (C=O) groups is 1. The lowest BCUT2D eigenvalue weighted by atomic mass is 10.1. The first-order chi connectivity index (χ1) is 13.1. The number of nitrogens with one attached hydrogen (secondary N) is 1. The summed E-state index contributed by atoms with van der Waals surface area (Å²) in [7, 11) is -3.72. The molecule has 2 fully saturated rings. The Morgan fingerprint density at radius 2 is 1.93 bits per heavy atom. The Morgan fingerprint density at radius 1 is 1.11 bits per heavy atom. The molecule has 7 heteroatoms. The van der Waals surface area contributed by atoms with Gasteiger partial charge >= 0.3 is 0 Å².